The van der Waals surface area contributed by atoms with Crippen molar-refractivity contribution in [3.63, 3.8) is 0 Å². The molecule has 0 spiro atoms. The monoisotopic (exact) mass is 248 g/mol. The summed E-state index contributed by atoms with van der Waals surface area (Å²) in [6.45, 7) is 4.77. The molecular weight excluding hydrogens is 232 g/mol. The van der Waals surface area contributed by atoms with E-state index in [1.54, 1.807) is 6.26 Å². The lowest BCUT2D eigenvalue weighted by Gasteiger charge is -2.30. The van der Waals surface area contributed by atoms with Crippen LogP contribution in [0.1, 0.15) is 17.4 Å². The van der Waals surface area contributed by atoms with Gasteiger partial charge < -0.3 is 14.3 Å². The summed E-state index contributed by atoms with van der Waals surface area (Å²) in [6, 6.07) is 2.04. The van der Waals surface area contributed by atoms with Gasteiger partial charge in [0.1, 0.15) is 0 Å². The quantitative estimate of drug-likeness (QED) is 0.861. The van der Waals surface area contributed by atoms with Gasteiger partial charge in [-0.25, -0.2) is 0 Å². The Kier molecular flexibility index (Phi) is 2.89. The van der Waals surface area contributed by atoms with E-state index in [1.165, 1.54) is 0 Å². The normalized spacial score (nSPS) is 21.3. The van der Waals surface area contributed by atoms with Crippen molar-refractivity contribution in [3.8, 4) is 11.7 Å². The third kappa shape index (κ3) is 1.93. The summed E-state index contributed by atoms with van der Waals surface area (Å²) in [6.07, 6.45) is 1.63. The fourth-order valence-electron chi connectivity index (χ4n) is 2.15. The first kappa shape index (κ1) is 11.4. The fourth-order valence-corrected chi connectivity index (χ4v) is 2.15. The number of nitrogens with zero attached hydrogens (tertiary/aromatic N) is 3. The summed E-state index contributed by atoms with van der Waals surface area (Å²) in [5, 5.41) is 7.39. The van der Waals surface area contributed by atoms with Crippen LogP contribution >= 0.6 is 0 Å². The van der Waals surface area contributed by atoms with Crippen LogP contribution in [-0.4, -0.2) is 41.7 Å². The molecule has 0 aromatic carbocycles. The molecule has 6 nitrogen and oxygen atoms in total. The van der Waals surface area contributed by atoms with Crippen molar-refractivity contribution >= 4 is 0 Å². The molecule has 1 fully saturated rings. The zero-order valence-corrected chi connectivity index (χ0v) is 10.5. The third-order valence-electron chi connectivity index (χ3n) is 3.31. The summed E-state index contributed by atoms with van der Waals surface area (Å²) in [5.74, 6) is 1.81. The minimum absolute atomic E-state index is 0.159. The van der Waals surface area contributed by atoms with Crippen LogP contribution in [0.2, 0.25) is 0 Å². The van der Waals surface area contributed by atoms with E-state index in [2.05, 4.69) is 27.4 Å². The van der Waals surface area contributed by atoms with E-state index < -0.39 is 0 Å². The van der Waals surface area contributed by atoms with Gasteiger partial charge in [0, 0.05) is 25.2 Å². The first-order chi connectivity index (χ1) is 8.75. The van der Waals surface area contributed by atoms with Crippen molar-refractivity contribution in [3.05, 3.63) is 23.7 Å². The predicted octanol–water partition coefficient (Wildman–Crippen LogP) is 1.21. The van der Waals surface area contributed by atoms with Gasteiger partial charge in [0.25, 0.3) is 5.89 Å². The Morgan fingerprint density at radius 1 is 1.50 bits per heavy atom. The molecule has 0 saturated carbocycles. The van der Waals surface area contributed by atoms with Crippen LogP contribution in [0, 0.1) is 6.92 Å². The van der Waals surface area contributed by atoms with Gasteiger partial charge >= 0.3 is 0 Å². The van der Waals surface area contributed by atoms with E-state index >= 15 is 0 Å². The average Bonchev–Trinajstić information content (AvgIpc) is 2.98. The van der Waals surface area contributed by atoms with Crippen LogP contribution in [0.5, 0.6) is 0 Å². The van der Waals surface area contributed by atoms with Gasteiger partial charge in [-0.3, -0.25) is 4.90 Å². The van der Waals surface area contributed by atoms with Gasteiger partial charge in [0.05, 0.1) is 12.3 Å². The molecule has 2 aromatic rings. The number of nitrogens with one attached hydrogen (secondary N) is 1. The molecule has 1 unspecified atom stereocenters. The number of rotatable bonds is 2. The van der Waals surface area contributed by atoms with Crippen molar-refractivity contribution in [2.45, 2.75) is 13.0 Å². The SMILES string of the molecule is Cc1ccoc1-c1nc(C2CNCCN2C)no1. The molecule has 2 aromatic heterocycles. The van der Waals surface area contributed by atoms with Crippen LogP contribution in [0.25, 0.3) is 11.7 Å². The fraction of sp³-hybridized carbons (Fsp3) is 0.500. The van der Waals surface area contributed by atoms with E-state index in [0.29, 0.717) is 17.5 Å². The minimum Gasteiger partial charge on any atom is -0.459 e. The molecule has 96 valence electrons. The molecule has 1 saturated heterocycles. The highest BCUT2D eigenvalue weighted by molar-refractivity contribution is 5.49. The molecule has 0 radical (unpaired) electrons. The van der Waals surface area contributed by atoms with Gasteiger partial charge in [-0.1, -0.05) is 5.16 Å². The molecule has 0 aliphatic carbocycles. The second-order valence-electron chi connectivity index (χ2n) is 4.59. The lowest BCUT2D eigenvalue weighted by atomic mass is 10.2. The maximum absolute atomic E-state index is 5.35. The number of piperazine rings is 1. The maximum atomic E-state index is 5.35. The molecular formula is C12H16N4O2. The van der Waals surface area contributed by atoms with Gasteiger partial charge in [-0.2, -0.15) is 4.98 Å². The van der Waals surface area contributed by atoms with Crippen molar-refractivity contribution < 1.29 is 8.94 Å². The average molecular weight is 248 g/mol. The van der Waals surface area contributed by atoms with Gasteiger partial charge in [0.15, 0.2) is 11.6 Å². The van der Waals surface area contributed by atoms with Crippen LogP contribution in [0.3, 0.4) is 0 Å². The Bertz CT molecular complexity index is 534. The zero-order valence-electron chi connectivity index (χ0n) is 10.5. The highest BCUT2D eigenvalue weighted by atomic mass is 16.5. The summed E-state index contributed by atoms with van der Waals surface area (Å²) in [5.41, 5.74) is 1.00. The van der Waals surface area contributed by atoms with Crippen molar-refractivity contribution in [2.24, 2.45) is 0 Å². The molecule has 3 heterocycles. The lowest BCUT2D eigenvalue weighted by molar-refractivity contribution is 0.190. The molecule has 1 N–H and O–H groups in total. The van der Waals surface area contributed by atoms with Crippen molar-refractivity contribution in [1.29, 1.82) is 0 Å². The topological polar surface area (TPSA) is 67.3 Å². The van der Waals surface area contributed by atoms with E-state index in [4.69, 9.17) is 8.94 Å². The highest BCUT2D eigenvalue weighted by Gasteiger charge is 2.26. The Labute approximate surface area is 105 Å². The number of likely N-dealkylation sites (N-methyl/N-ethyl adjacent to an activating group) is 1. The van der Waals surface area contributed by atoms with E-state index in [9.17, 15) is 0 Å². The van der Waals surface area contributed by atoms with Crippen LogP contribution in [0.15, 0.2) is 21.3 Å². The van der Waals surface area contributed by atoms with Gasteiger partial charge in [-0.15, -0.1) is 0 Å². The molecule has 18 heavy (non-hydrogen) atoms. The summed E-state index contributed by atoms with van der Waals surface area (Å²) in [7, 11) is 2.07. The number of hydrogen-bond acceptors (Lipinski definition) is 6. The predicted molar refractivity (Wildman–Crippen MR) is 65.0 cm³/mol. The Morgan fingerprint density at radius 3 is 3.11 bits per heavy atom. The standard InChI is InChI=1S/C12H16N4O2/c1-8-3-6-17-10(8)12-14-11(15-18-12)9-7-13-4-5-16(9)2/h3,6,9,13H,4-5,7H2,1-2H3. The Hall–Kier alpha value is -1.66. The minimum atomic E-state index is 0.159. The molecule has 1 atom stereocenters. The summed E-state index contributed by atoms with van der Waals surface area (Å²) < 4.78 is 10.6. The number of aromatic nitrogens is 2. The van der Waals surface area contributed by atoms with Gasteiger partial charge in [-0.05, 0) is 20.0 Å². The summed E-state index contributed by atoms with van der Waals surface area (Å²) in [4.78, 5) is 6.66. The third-order valence-corrected chi connectivity index (χ3v) is 3.31. The zero-order chi connectivity index (χ0) is 12.5. The van der Waals surface area contributed by atoms with E-state index in [0.717, 1.165) is 25.2 Å². The maximum Gasteiger partial charge on any atom is 0.293 e. The summed E-state index contributed by atoms with van der Waals surface area (Å²) >= 11 is 0. The lowest BCUT2D eigenvalue weighted by Crippen LogP contribution is -2.44. The van der Waals surface area contributed by atoms with Crippen LogP contribution in [-0.2, 0) is 0 Å². The van der Waals surface area contributed by atoms with Crippen molar-refractivity contribution in [1.82, 2.24) is 20.4 Å². The molecule has 0 bridgehead atoms. The van der Waals surface area contributed by atoms with E-state index in [-0.39, 0.29) is 6.04 Å². The highest BCUT2D eigenvalue weighted by Crippen LogP contribution is 2.25. The Balaban J connectivity index is 1.87. The first-order valence-electron chi connectivity index (χ1n) is 6.05. The second kappa shape index (κ2) is 4.55. The van der Waals surface area contributed by atoms with Gasteiger partial charge in [0.2, 0.25) is 0 Å². The molecule has 0 amide bonds. The van der Waals surface area contributed by atoms with E-state index in [1.807, 2.05) is 13.0 Å². The van der Waals surface area contributed by atoms with Crippen molar-refractivity contribution in [2.75, 3.05) is 26.7 Å². The molecule has 3 rings (SSSR count). The van der Waals surface area contributed by atoms with Crippen LogP contribution < -0.4 is 5.32 Å². The largest absolute Gasteiger partial charge is 0.459 e. The Morgan fingerprint density at radius 2 is 2.39 bits per heavy atom. The molecule has 1 aliphatic heterocycles. The number of furan rings is 1. The smallest absolute Gasteiger partial charge is 0.293 e. The molecule has 1 aliphatic rings. The molecule has 6 heteroatoms. The number of hydrogen-bond donors (Lipinski definition) is 1. The second-order valence-corrected chi connectivity index (χ2v) is 4.59. The number of aryl methyl sites for hydroxylation is 1. The van der Waals surface area contributed by atoms with Crippen LogP contribution in [0.4, 0.5) is 0 Å². The first-order valence-corrected chi connectivity index (χ1v) is 6.05.